The van der Waals surface area contributed by atoms with Crippen molar-refractivity contribution in [2.24, 2.45) is 5.73 Å². The highest BCUT2D eigenvalue weighted by atomic mass is 35.5. The molecular weight excluding hydrogens is 223 g/mol. The molecule has 0 atom stereocenters. The zero-order valence-corrected chi connectivity index (χ0v) is 8.58. The lowest BCUT2D eigenvalue weighted by Crippen LogP contribution is -2.37. The summed E-state index contributed by atoms with van der Waals surface area (Å²) in [5.74, 6) is -2.57. The van der Waals surface area contributed by atoms with Gasteiger partial charge in [-0.25, -0.2) is 4.39 Å². The summed E-state index contributed by atoms with van der Waals surface area (Å²) in [6, 6.07) is 3.65. The minimum atomic E-state index is -1.09. The third-order valence-corrected chi connectivity index (χ3v) is 2.10. The van der Waals surface area contributed by atoms with Crippen molar-refractivity contribution in [2.75, 3.05) is 11.9 Å². The average molecular weight is 231 g/mol. The van der Waals surface area contributed by atoms with Crippen LogP contribution in [-0.2, 0) is 9.59 Å². The van der Waals surface area contributed by atoms with E-state index in [2.05, 4.69) is 0 Å². The average Bonchev–Trinajstić information content (AvgIpc) is 2.19. The fraction of sp³-hybridized carbons (Fsp3) is 0.111. The van der Waals surface area contributed by atoms with Gasteiger partial charge in [0, 0.05) is 12.7 Å². The number of nitrogens with two attached hydrogens (primary N) is 1. The number of primary amides is 1. The summed E-state index contributed by atoms with van der Waals surface area (Å²) in [6.07, 6.45) is 0. The SMILES string of the molecule is CN(C(=O)C(N)=O)c1ccc(F)c(Cl)c1. The third-order valence-electron chi connectivity index (χ3n) is 1.81. The molecule has 1 aromatic carbocycles. The highest BCUT2D eigenvalue weighted by Crippen LogP contribution is 2.21. The molecule has 2 N–H and O–H groups in total. The van der Waals surface area contributed by atoms with Crippen LogP contribution in [0.4, 0.5) is 10.1 Å². The first-order valence-corrected chi connectivity index (χ1v) is 4.34. The van der Waals surface area contributed by atoms with Crippen LogP contribution in [0.25, 0.3) is 0 Å². The maximum absolute atomic E-state index is 12.8. The Morgan fingerprint density at radius 1 is 1.47 bits per heavy atom. The molecule has 0 unspecified atom stereocenters. The zero-order chi connectivity index (χ0) is 11.6. The number of anilines is 1. The Bertz CT molecular complexity index is 423. The van der Waals surface area contributed by atoms with E-state index < -0.39 is 17.6 Å². The Balaban J connectivity index is 3.02. The molecule has 0 spiro atoms. The zero-order valence-electron chi connectivity index (χ0n) is 7.83. The monoisotopic (exact) mass is 230 g/mol. The van der Waals surface area contributed by atoms with Crippen molar-refractivity contribution >= 4 is 29.1 Å². The molecule has 2 amide bonds. The summed E-state index contributed by atoms with van der Waals surface area (Å²) < 4.78 is 12.8. The Morgan fingerprint density at radius 3 is 2.53 bits per heavy atom. The van der Waals surface area contributed by atoms with Crippen molar-refractivity contribution in [2.45, 2.75) is 0 Å². The summed E-state index contributed by atoms with van der Waals surface area (Å²) in [5.41, 5.74) is 5.10. The van der Waals surface area contributed by atoms with Gasteiger partial charge in [0.1, 0.15) is 5.82 Å². The van der Waals surface area contributed by atoms with Gasteiger partial charge < -0.3 is 10.6 Å². The number of nitrogens with zero attached hydrogens (tertiary/aromatic N) is 1. The van der Waals surface area contributed by atoms with Crippen LogP contribution < -0.4 is 10.6 Å². The van der Waals surface area contributed by atoms with Crippen LogP contribution in [0, 0.1) is 5.82 Å². The Kier molecular flexibility index (Phi) is 3.26. The van der Waals surface area contributed by atoms with E-state index in [-0.39, 0.29) is 5.02 Å². The highest BCUT2D eigenvalue weighted by molar-refractivity contribution is 6.39. The maximum Gasteiger partial charge on any atom is 0.315 e. The van der Waals surface area contributed by atoms with Gasteiger partial charge >= 0.3 is 11.8 Å². The summed E-state index contributed by atoms with van der Waals surface area (Å²) in [7, 11) is 1.34. The van der Waals surface area contributed by atoms with Crippen molar-refractivity contribution in [3.05, 3.63) is 29.0 Å². The predicted octanol–water partition coefficient (Wildman–Crippen LogP) is 0.927. The second-order valence-corrected chi connectivity index (χ2v) is 3.23. The van der Waals surface area contributed by atoms with Gasteiger partial charge in [-0.15, -0.1) is 0 Å². The van der Waals surface area contributed by atoms with E-state index in [0.29, 0.717) is 5.69 Å². The van der Waals surface area contributed by atoms with E-state index in [0.717, 1.165) is 11.0 Å². The Hall–Kier alpha value is -1.62. The first-order chi connectivity index (χ1) is 6.93. The van der Waals surface area contributed by atoms with Gasteiger partial charge in [0.05, 0.1) is 5.02 Å². The van der Waals surface area contributed by atoms with Gasteiger partial charge in [0.25, 0.3) is 0 Å². The molecule has 6 heteroatoms. The molecule has 0 aliphatic heterocycles. The molecule has 0 aliphatic rings. The van der Waals surface area contributed by atoms with Gasteiger partial charge in [0.2, 0.25) is 0 Å². The molecule has 80 valence electrons. The fourth-order valence-electron chi connectivity index (χ4n) is 0.976. The van der Waals surface area contributed by atoms with E-state index in [1.54, 1.807) is 0 Å². The molecule has 0 radical (unpaired) electrons. The molecule has 1 aromatic rings. The molecule has 0 aliphatic carbocycles. The first kappa shape index (κ1) is 11.5. The molecule has 0 bridgehead atoms. The Morgan fingerprint density at radius 2 is 2.07 bits per heavy atom. The third kappa shape index (κ3) is 2.44. The van der Waals surface area contributed by atoms with Crippen LogP contribution >= 0.6 is 11.6 Å². The van der Waals surface area contributed by atoms with Crippen LogP contribution in [0.3, 0.4) is 0 Å². The molecule has 0 fully saturated rings. The smallest absolute Gasteiger partial charge is 0.315 e. The number of amides is 2. The lowest BCUT2D eigenvalue weighted by Gasteiger charge is -2.15. The predicted molar refractivity (Wildman–Crippen MR) is 54.0 cm³/mol. The van der Waals surface area contributed by atoms with E-state index in [4.69, 9.17) is 17.3 Å². The van der Waals surface area contributed by atoms with Crippen molar-refractivity contribution in [1.82, 2.24) is 0 Å². The van der Waals surface area contributed by atoms with Gasteiger partial charge in [-0.1, -0.05) is 11.6 Å². The van der Waals surface area contributed by atoms with E-state index in [1.807, 2.05) is 0 Å². The van der Waals surface area contributed by atoms with Crippen molar-refractivity contribution in [1.29, 1.82) is 0 Å². The first-order valence-electron chi connectivity index (χ1n) is 3.96. The summed E-state index contributed by atoms with van der Waals surface area (Å²) in [6.45, 7) is 0. The molecule has 0 saturated carbocycles. The minimum absolute atomic E-state index is 0.128. The fourth-order valence-corrected chi connectivity index (χ4v) is 1.15. The lowest BCUT2D eigenvalue weighted by atomic mass is 10.3. The number of halogens is 2. The maximum atomic E-state index is 12.8. The van der Waals surface area contributed by atoms with Gasteiger partial charge in [-0.05, 0) is 18.2 Å². The van der Waals surface area contributed by atoms with Gasteiger partial charge in [-0.2, -0.15) is 0 Å². The topological polar surface area (TPSA) is 63.4 Å². The number of rotatable bonds is 1. The van der Waals surface area contributed by atoms with Crippen molar-refractivity contribution < 1.29 is 14.0 Å². The van der Waals surface area contributed by atoms with E-state index >= 15 is 0 Å². The number of likely N-dealkylation sites (N-methyl/N-ethyl adjacent to an activating group) is 1. The van der Waals surface area contributed by atoms with E-state index in [9.17, 15) is 14.0 Å². The summed E-state index contributed by atoms with van der Waals surface area (Å²) in [4.78, 5) is 22.7. The number of carbonyl (C=O) groups is 2. The van der Waals surface area contributed by atoms with Crippen LogP contribution in [0.2, 0.25) is 5.02 Å². The lowest BCUT2D eigenvalue weighted by molar-refractivity contribution is -0.135. The number of benzene rings is 1. The van der Waals surface area contributed by atoms with Gasteiger partial charge in [0.15, 0.2) is 0 Å². The highest BCUT2D eigenvalue weighted by Gasteiger charge is 2.17. The molecule has 0 heterocycles. The van der Waals surface area contributed by atoms with Crippen molar-refractivity contribution in [3.8, 4) is 0 Å². The van der Waals surface area contributed by atoms with Crippen LogP contribution in [-0.4, -0.2) is 18.9 Å². The largest absolute Gasteiger partial charge is 0.361 e. The molecular formula is C9H8ClFN2O2. The number of hydrogen-bond acceptors (Lipinski definition) is 2. The van der Waals surface area contributed by atoms with Crippen LogP contribution in [0.1, 0.15) is 0 Å². The minimum Gasteiger partial charge on any atom is -0.361 e. The normalized spacial score (nSPS) is 9.80. The summed E-state index contributed by atoms with van der Waals surface area (Å²) >= 11 is 5.51. The second-order valence-electron chi connectivity index (χ2n) is 2.83. The van der Waals surface area contributed by atoms with Gasteiger partial charge in [-0.3, -0.25) is 9.59 Å². The molecule has 4 nitrogen and oxygen atoms in total. The molecule has 0 saturated heterocycles. The summed E-state index contributed by atoms with van der Waals surface area (Å²) in [5, 5.41) is -0.128. The van der Waals surface area contributed by atoms with E-state index in [1.165, 1.54) is 19.2 Å². The van der Waals surface area contributed by atoms with Crippen molar-refractivity contribution in [3.63, 3.8) is 0 Å². The number of carbonyl (C=O) groups excluding carboxylic acids is 2. The molecule has 15 heavy (non-hydrogen) atoms. The standard InChI is InChI=1S/C9H8ClFN2O2/c1-13(9(15)8(12)14)5-2-3-7(11)6(10)4-5/h2-4H,1H3,(H2,12,14). The van der Waals surface area contributed by atoms with Crippen LogP contribution in [0.5, 0.6) is 0 Å². The quantitative estimate of drug-likeness (QED) is 0.730. The second kappa shape index (κ2) is 4.27. The number of hydrogen-bond donors (Lipinski definition) is 1. The molecule has 0 aromatic heterocycles. The Labute approximate surface area is 90.4 Å². The van der Waals surface area contributed by atoms with Crippen LogP contribution in [0.15, 0.2) is 18.2 Å². The molecule has 1 rings (SSSR count).